The van der Waals surface area contributed by atoms with Gasteiger partial charge in [0.2, 0.25) is 0 Å². The number of allylic oxidation sites excluding steroid dienone is 4. The molecule has 1 nitrogen and oxygen atoms in total. The minimum Gasteiger partial charge on any atom is -0.362 e. The Hall–Kier alpha value is -1.54. The summed E-state index contributed by atoms with van der Waals surface area (Å²) in [6.07, 6.45) is 9.47. The fourth-order valence-corrected chi connectivity index (χ4v) is 2.58. The molecule has 90 valence electrons. The van der Waals surface area contributed by atoms with E-state index in [4.69, 9.17) is 0 Å². The molecule has 0 aromatic heterocycles. The van der Waals surface area contributed by atoms with Gasteiger partial charge in [-0.1, -0.05) is 61.8 Å². The van der Waals surface area contributed by atoms with Crippen molar-refractivity contribution in [2.75, 3.05) is 5.32 Å². The number of benzene rings is 1. The van der Waals surface area contributed by atoms with Crippen LogP contribution in [0.4, 0.5) is 5.69 Å². The second-order valence-electron chi connectivity index (χ2n) is 4.95. The standard InChI is InChI=1S/C15H21NSi/c1-5-6-7-8-13-16-14-9-11-15(12-10-14)17(2,3)4/h5-13,16H,1H2,2-4H3/b7-6-,13-8+. The molecule has 0 amide bonds. The van der Waals surface area contributed by atoms with Crippen molar-refractivity contribution >= 4 is 18.9 Å². The third-order valence-electron chi connectivity index (χ3n) is 2.46. The third kappa shape index (κ3) is 4.87. The van der Waals surface area contributed by atoms with Crippen molar-refractivity contribution in [3.05, 3.63) is 61.3 Å². The zero-order valence-electron chi connectivity index (χ0n) is 10.9. The maximum Gasteiger partial charge on any atom is 0.0775 e. The molecule has 1 aromatic carbocycles. The monoisotopic (exact) mass is 243 g/mol. The van der Waals surface area contributed by atoms with Crippen molar-refractivity contribution in [1.82, 2.24) is 0 Å². The first-order valence-corrected chi connectivity index (χ1v) is 9.35. The topological polar surface area (TPSA) is 12.0 Å². The van der Waals surface area contributed by atoms with Gasteiger partial charge in [-0.3, -0.25) is 0 Å². The van der Waals surface area contributed by atoms with Crippen LogP contribution < -0.4 is 10.5 Å². The molecule has 0 aliphatic carbocycles. The maximum absolute atomic E-state index is 3.61. The summed E-state index contributed by atoms with van der Waals surface area (Å²) < 4.78 is 0. The molecule has 0 spiro atoms. The molecule has 0 fully saturated rings. The molecule has 0 atom stereocenters. The van der Waals surface area contributed by atoms with E-state index in [1.165, 1.54) is 5.19 Å². The molecule has 0 unspecified atom stereocenters. The summed E-state index contributed by atoms with van der Waals surface area (Å²) in [6.45, 7) is 10.7. The van der Waals surface area contributed by atoms with Gasteiger partial charge in [0.15, 0.2) is 0 Å². The van der Waals surface area contributed by atoms with Crippen molar-refractivity contribution in [2.45, 2.75) is 19.6 Å². The van der Waals surface area contributed by atoms with Crippen LogP contribution in [0.25, 0.3) is 0 Å². The van der Waals surface area contributed by atoms with Crippen LogP contribution in [0, 0.1) is 0 Å². The normalized spacial score (nSPS) is 12.2. The Kier molecular flexibility index (Phi) is 4.98. The largest absolute Gasteiger partial charge is 0.362 e. The fourth-order valence-electron chi connectivity index (χ4n) is 1.41. The van der Waals surface area contributed by atoms with Crippen LogP contribution in [0.15, 0.2) is 61.3 Å². The minimum absolute atomic E-state index is 1.12. The van der Waals surface area contributed by atoms with Crippen LogP contribution in [0.5, 0.6) is 0 Å². The predicted molar refractivity (Wildman–Crippen MR) is 81.5 cm³/mol. The van der Waals surface area contributed by atoms with Crippen LogP contribution in [0.1, 0.15) is 0 Å². The highest BCUT2D eigenvalue weighted by Crippen LogP contribution is 2.08. The lowest BCUT2D eigenvalue weighted by Crippen LogP contribution is -2.37. The molecule has 0 aliphatic rings. The Morgan fingerprint density at radius 2 is 1.65 bits per heavy atom. The minimum atomic E-state index is -1.17. The lowest BCUT2D eigenvalue weighted by molar-refractivity contribution is 1.58. The molecule has 0 heterocycles. The zero-order valence-corrected chi connectivity index (χ0v) is 11.9. The van der Waals surface area contributed by atoms with E-state index in [-0.39, 0.29) is 0 Å². The van der Waals surface area contributed by atoms with Gasteiger partial charge in [-0.2, -0.15) is 0 Å². The van der Waals surface area contributed by atoms with Crippen LogP contribution in [-0.4, -0.2) is 8.07 Å². The van der Waals surface area contributed by atoms with Gasteiger partial charge in [-0.15, -0.1) is 0 Å². The van der Waals surface area contributed by atoms with Gasteiger partial charge in [0.05, 0.1) is 8.07 Å². The van der Waals surface area contributed by atoms with Gasteiger partial charge in [0, 0.05) is 11.9 Å². The summed E-state index contributed by atoms with van der Waals surface area (Å²) in [5.74, 6) is 0. The molecule has 0 aliphatic heterocycles. The number of anilines is 1. The highest BCUT2D eigenvalue weighted by Gasteiger charge is 2.15. The molecular weight excluding hydrogens is 222 g/mol. The van der Waals surface area contributed by atoms with Crippen molar-refractivity contribution in [1.29, 1.82) is 0 Å². The molecular formula is C15H21NSi. The fraction of sp³-hybridized carbons (Fsp3) is 0.200. The summed E-state index contributed by atoms with van der Waals surface area (Å²) in [4.78, 5) is 0. The van der Waals surface area contributed by atoms with Crippen LogP contribution in [0.3, 0.4) is 0 Å². The average molecular weight is 243 g/mol. The van der Waals surface area contributed by atoms with Crippen LogP contribution in [0.2, 0.25) is 19.6 Å². The van der Waals surface area contributed by atoms with E-state index in [0.717, 1.165) is 5.69 Å². The second-order valence-corrected chi connectivity index (χ2v) is 10.0. The van der Waals surface area contributed by atoms with E-state index < -0.39 is 8.07 Å². The highest BCUT2D eigenvalue weighted by molar-refractivity contribution is 6.88. The molecule has 0 saturated carbocycles. The Bertz CT molecular complexity index is 408. The first-order valence-electron chi connectivity index (χ1n) is 5.85. The lowest BCUT2D eigenvalue weighted by Gasteiger charge is -2.16. The third-order valence-corrected chi connectivity index (χ3v) is 4.52. The Morgan fingerprint density at radius 1 is 1.00 bits per heavy atom. The average Bonchev–Trinajstić information content (AvgIpc) is 2.28. The molecule has 17 heavy (non-hydrogen) atoms. The number of hydrogen-bond donors (Lipinski definition) is 1. The Labute approximate surface area is 106 Å². The number of rotatable bonds is 5. The molecule has 1 N–H and O–H groups in total. The molecule has 1 rings (SSSR count). The molecule has 0 bridgehead atoms. The summed E-state index contributed by atoms with van der Waals surface area (Å²) in [5, 5.41) is 4.72. The van der Waals surface area contributed by atoms with Crippen molar-refractivity contribution in [2.24, 2.45) is 0 Å². The summed E-state index contributed by atoms with van der Waals surface area (Å²) >= 11 is 0. The smallest absolute Gasteiger partial charge is 0.0775 e. The quantitative estimate of drug-likeness (QED) is 0.611. The number of nitrogens with one attached hydrogen (secondary N) is 1. The molecule has 0 radical (unpaired) electrons. The first-order chi connectivity index (χ1) is 8.04. The van der Waals surface area contributed by atoms with E-state index >= 15 is 0 Å². The first kappa shape index (κ1) is 13.5. The van der Waals surface area contributed by atoms with Gasteiger partial charge < -0.3 is 5.32 Å². The van der Waals surface area contributed by atoms with Gasteiger partial charge in [0.25, 0.3) is 0 Å². The number of hydrogen-bond acceptors (Lipinski definition) is 1. The molecule has 1 aromatic rings. The van der Waals surface area contributed by atoms with Gasteiger partial charge in [0.1, 0.15) is 0 Å². The van der Waals surface area contributed by atoms with E-state index in [0.29, 0.717) is 0 Å². The van der Waals surface area contributed by atoms with Gasteiger partial charge in [-0.05, 0) is 18.2 Å². The van der Waals surface area contributed by atoms with E-state index in [9.17, 15) is 0 Å². The van der Waals surface area contributed by atoms with Crippen molar-refractivity contribution < 1.29 is 0 Å². The van der Waals surface area contributed by atoms with Crippen molar-refractivity contribution in [3.8, 4) is 0 Å². The van der Waals surface area contributed by atoms with E-state index in [1.54, 1.807) is 6.08 Å². The van der Waals surface area contributed by atoms with Crippen molar-refractivity contribution in [3.63, 3.8) is 0 Å². The highest BCUT2D eigenvalue weighted by atomic mass is 28.3. The summed E-state index contributed by atoms with van der Waals surface area (Å²) in [5.41, 5.74) is 1.12. The van der Waals surface area contributed by atoms with Gasteiger partial charge >= 0.3 is 0 Å². The Balaban J connectivity index is 2.60. The van der Waals surface area contributed by atoms with Crippen LogP contribution in [-0.2, 0) is 0 Å². The molecule has 2 heteroatoms. The summed E-state index contributed by atoms with van der Waals surface area (Å²) in [6, 6.07) is 8.72. The van der Waals surface area contributed by atoms with Gasteiger partial charge in [-0.25, -0.2) is 0 Å². The zero-order chi connectivity index (χ0) is 12.7. The second kappa shape index (κ2) is 6.26. The lowest BCUT2D eigenvalue weighted by atomic mass is 10.3. The SMILES string of the molecule is C=C/C=C\C=C\Nc1ccc([Si](C)(C)C)cc1. The maximum atomic E-state index is 3.61. The van der Waals surface area contributed by atoms with Crippen LogP contribution >= 0.6 is 0 Å². The predicted octanol–water partition coefficient (Wildman–Crippen LogP) is 3.90. The van der Waals surface area contributed by atoms with E-state index in [1.807, 2.05) is 24.4 Å². The Morgan fingerprint density at radius 3 is 2.18 bits per heavy atom. The van der Waals surface area contributed by atoms with E-state index in [2.05, 4.69) is 55.8 Å². The summed E-state index contributed by atoms with van der Waals surface area (Å²) in [7, 11) is -1.17. The molecule has 0 saturated heterocycles.